The lowest BCUT2D eigenvalue weighted by Gasteiger charge is -2.25. The lowest BCUT2D eigenvalue weighted by Crippen LogP contribution is -2.31. The molecule has 0 aromatic heterocycles. The fourth-order valence-electron chi connectivity index (χ4n) is 1.59. The summed E-state index contributed by atoms with van der Waals surface area (Å²) in [7, 11) is 0. The van der Waals surface area contributed by atoms with Gasteiger partial charge in [-0.05, 0) is 20.3 Å². The molecule has 1 aliphatic rings. The second-order valence-corrected chi connectivity index (χ2v) is 3.81. The molecule has 2 nitrogen and oxygen atoms in total. The molecule has 0 spiro atoms. The highest BCUT2D eigenvalue weighted by Gasteiger charge is 2.42. The molecule has 0 saturated carbocycles. The van der Waals surface area contributed by atoms with Crippen molar-refractivity contribution in [1.29, 1.82) is 0 Å². The Morgan fingerprint density at radius 3 is 2.50 bits per heavy atom. The highest BCUT2D eigenvalue weighted by atomic mass is 16.8. The predicted octanol–water partition coefficient (Wildman–Crippen LogP) is 2.49. The minimum absolute atomic E-state index is 0.238. The maximum Gasteiger partial charge on any atom is 0.164 e. The minimum Gasteiger partial charge on any atom is -0.347 e. The van der Waals surface area contributed by atoms with E-state index in [1.54, 1.807) is 0 Å². The Labute approximate surface area is 74.6 Å². The molecule has 0 radical (unpaired) electrons. The van der Waals surface area contributed by atoms with Gasteiger partial charge in [0, 0.05) is 0 Å². The molecule has 0 amide bonds. The van der Waals surface area contributed by atoms with E-state index >= 15 is 0 Å². The Balaban J connectivity index is 2.65. The largest absolute Gasteiger partial charge is 0.347 e. The second kappa shape index (κ2) is 3.19. The van der Waals surface area contributed by atoms with E-state index in [2.05, 4.69) is 13.5 Å². The normalized spacial score (nSPS) is 33.6. The van der Waals surface area contributed by atoms with Crippen molar-refractivity contribution in [3.05, 3.63) is 12.7 Å². The summed E-state index contributed by atoms with van der Waals surface area (Å²) in [5, 5.41) is 0. The van der Waals surface area contributed by atoms with Crippen LogP contribution < -0.4 is 0 Å². The molecule has 1 saturated heterocycles. The summed E-state index contributed by atoms with van der Waals surface area (Å²) in [6, 6.07) is 0. The molecule has 0 N–H and O–H groups in total. The van der Waals surface area contributed by atoms with E-state index in [4.69, 9.17) is 9.47 Å². The molecule has 2 heteroatoms. The van der Waals surface area contributed by atoms with E-state index in [-0.39, 0.29) is 5.60 Å². The van der Waals surface area contributed by atoms with E-state index in [0.717, 1.165) is 12.8 Å². The first-order chi connectivity index (χ1) is 5.54. The van der Waals surface area contributed by atoms with Gasteiger partial charge in [-0.3, -0.25) is 0 Å². The van der Waals surface area contributed by atoms with Gasteiger partial charge in [-0.15, -0.1) is 6.58 Å². The van der Waals surface area contributed by atoms with Crippen molar-refractivity contribution in [2.24, 2.45) is 0 Å². The average molecular weight is 170 g/mol. The summed E-state index contributed by atoms with van der Waals surface area (Å²) in [6.07, 6.45) is 3.94. The zero-order valence-corrected chi connectivity index (χ0v) is 8.22. The first-order valence-corrected chi connectivity index (χ1v) is 4.51. The molecule has 0 bridgehead atoms. The van der Waals surface area contributed by atoms with Crippen LogP contribution in [0.1, 0.15) is 33.6 Å². The van der Waals surface area contributed by atoms with Crippen LogP contribution >= 0.6 is 0 Å². The van der Waals surface area contributed by atoms with Gasteiger partial charge in [-0.25, -0.2) is 0 Å². The highest BCUT2D eigenvalue weighted by molar-refractivity contribution is 5.01. The molecular weight excluding hydrogens is 152 g/mol. The summed E-state index contributed by atoms with van der Waals surface area (Å²) in [5.41, 5.74) is -0.238. The maximum absolute atomic E-state index is 5.79. The maximum atomic E-state index is 5.79. The topological polar surface area (TPSA) is 18.5 Å². The van der Waals surface area contributed by atoms with Crippen LogP contribution in [0.4, 0.5) is 0 Å². The van der Waals surface area contributed by atoms with E-state index in [9.17, 15) is 0 Å². The lowest BCUT2D eigenvalue weighted by atomic mass is 10.00. The number of ether oxygens (including phenoxy) is 2. The van der Waals surface area contributed by atoms with Crippen LogP contribution in [0.25, 0.3) is 0 Å². The van der Waals surface area contributed by atoms with Crippen molar-refractivity contribution in [1.82, 2.24) is 0 Å². The van der Waals surface area contributed by atoms with E-state index < -0.39 is 5.79 Å². The molecule has 70 valence electrons. The molecule has 0 aliphatic carbocycles. The highest BCUT2D eigenvalue weighted by Crippen LogP contribution is 2.34. The van der Waals surface area contributed by atoms with Gasteiger partial charge in [0.1, 0.15) is 5.60 Å². The third-order valence-corrected chi connectivity index (χ3v) is 2.16. The molecule has 0 aromatic carbocycles. The van der Waals surface area contributed by atoms with Gasteiger partial charge in [0.2, 0.25) is 0 Å². The summed E-state index contributed by atoms with van der Waals surface area (Å²) in [4.78, 5) is 0. The Morgan fingerprint density at radius 2 is 2.17 bits per heavy atom. The Kier molecular flexibility index (Phi) is 2.59. The first-order valence-electron chi connectivity index (χ1n) is 4.51. The number of hydrogen-bond acceptors (Lipinski definition) is 2. The van der Waals surface area contributed by atoms with Crippen LogP contribution in [0.5, 0.6) is 0 Å². The van der Waals surface area contributed by atoms with Crippen molar-refractivity contribution in [2.75, 3.05) is 6.61 Å². The Bertz CT molecular complexity index is 175. The predicted molar refractivity (Wildman–Crippen MR) is 49.0 cm³/mol. The summed E-state index contributed by atoms with van der Waals surface area (Å²) < 4.78 is 11.3. The molecule has 12 heavy (non-hydrogen) atoms. The van der Waals surface area contributed by atoms with Crippen LogP contribution in [0, 0.1) is 0 Å². The average Bonchev–Trinajstić information content (AvgIpc) is 2.29. The van der Waals surface area contributed by atoms with Gasteiger partial charge in [0.05, 0.1) is 6.61 Å². The van der Waals surface area contributed by atoms with Gasteiger partial charge in [-0.2, -0.15) is 0 Å². The Hall–Kier alpha value is -0.340. The fourth-order valence-corrected chi connectivity index (χ4v) is 1.59. The molecular formula is C10H18O2. The van der Waals surface area contributed by atoms with Crippen LogP contribution in [0.15, 0.2) is 12.7 Å². The van der Waals surface area contributed by atoms with E-state index in [1.165, 1.54) is 0 Å². The van der Waals surface area contributed by atoms with Gasteiger partial charge < -0.3 is 9.47 Å². The molecule has 0 aromatic rings. The van der Waals surface area contributed by atoms with E-state index in [1.807, 2.05) is 19.9 Å². The third kappa shape index (κ3) is 1.87. The van der Waals surface area contributed by atoms with E-state index in [0.29, 0.717) is 6.61 Å². The van der Waals surface area contributed by atoms with Gasteiger partial charge in [-0.1, -0.05) is 19.4 Å². The van der Waals surface area contributed by atoms with Crippen molar-refractivity contribution >= 4 is 0 Å². The summed E-state index contributed by atoms with van der Waals surface area (Å²) in [5.74, 6) is -0.441. The molecule has 1 fully saturated rings. The zero-order chi connectivity index (χ0) is 9.24. The summed E-state index contributed by atoms with van der Waals surface area (Å²) in [6.45, 7) is 10.4. The van der Waals surface area contributed by atoms with Gasteiger partial charge in [0.15, 0.2) is 5.79 Å². The van der Waals surface area contributed by atoms with Gasteiger partial charge >= 0.3 is 0 Å². The monoisotopic (exact) mass is 170 g/mol. The third-order valence-electron chi connectivity index (χ3n) is 2.16. The zero-order valence-electron chi connectivity index (χ0n) is 8.22. The smallest absolute Gasteiger partial charge is 0.164 e. The molecule has 1 unspecified atom stereocenters. The molecule has 1 rings (SSSR count). The minimum atomic E-state index is -0.441. The number of rotatable bonds is 3. The quantitative estimate of drug-likeness (QED) is 0.606. The molecule has 1 atom stereocenters. The van der Waals surface area contributed by atoms with Crippen LogP contribution in [-0.2, 0) is 9.47 Å². The van der Waals surface area contributed by atoms with Crippen LogP contribution in [0.3, 0.4) is 0 Å². The lowest BCUT2D eigenvalue weighted by molar-refractivity contribution is -0.152. The van der Waals surface area contributed by atoms with Crippen molar-refractivity contribution in [3.63, 3.8) is 0 Å². The SMILES string of the molecule is C=CC1(CCC)COC(C)(C)O1. The Morgan fingerprint density at radius 1 is 1.50 bits per heavy atom. The molecule has 1 aliphatic heterocycles. The number of hydrogen-bond donors (Lipinski definition) is 0. The van der Waals surface area contributed by atoms with Crippen molar-refractivity contribution in [2.45, 2.75) is 45.0 Å². The fraction of sp³-hybridized carbons (Fsp3) is 0.800. The van der Waals surface area contributed by atoms with Crippen molar-refractivity contribution in [3.8, 4) is 0 Å². The van der Waals surface area contributed by atoms with Crippen molar-refractivity contribution < 1.29 is 9.47 Å². The summed E-state index contributed by atoms with van der Waals surface area (Å²) >= 11 is 0. The van der Waals surface area contributed by atoms with Crippen LogP contribution in [0.2, 0.25) is 0 Å². The molecule has 1 heterocycles. The first kappa shape index (κ1) is 9.75. The van der Waals surface area contributed by atoms with Gasteiger partial charge in [0.25, 0.3) is 0 Å². The standard InChI is InChI=1S/C10H18O2/c1-5-7-10(6-2)8-11-9(3,4)12-10/h6H,2,5,7-8H2,1,3-4H3. The second-order valence-electron chi connectivity index (χ2n) is 3.81. The van der Waals surface area contributed by atoms with Crippen LogP contribution in [-0.4, -0.2) is 18.0 Å².